The van der Waals surface area contributed by atoms with E-state index >= 15 is 0 Å². The van der Waals surface area contributed by atoms with Gasteiger partial charge in [-0.05, 0) is 36.4 Å². The fourth-order valence-electron chi connectivity index (χ4n) is 3.82. The predicted octanol–water partition coefficient (Wildman–Crippen LogP) is 2.38. The number of hydrogen-bond donors (Lipinski definition) is 1. The second kappa shape index (κ2) is 8.67. The molecule has 0 atom stereocenters. The molecular weight excluding hydrogens is 461 g/mol. The first-order valence-corrected chi connectivity index (χ1v) is 11.6. The van der Waals surface area contributed by atoms with Crippen LogP contribution in [0.5, 0.6) is 0 Å². The minimum Gasteiger partial charge on any atom is -0.336 e. The maximum absolute atomic E-state index is 13.0. The summed E-state index contributed by atoms with van der Waals surface area (Å²) < 4.78 is 65.7. The van der Waals surface area contributed by atoms with Gasteiger partial charge in [-0.15, -0.1) is 0 Å². The molecule has 0 spiro atoms. The average molecular weight is 482 g/mol. The zero-order valence-corrected chi connectivity index (χ0v) is 18.2. The van der Waals surface area contributed by atoms with Crippen molar-refractivity contribution < 1.29 is 31.2 Å². The normalized spacial score (nSPS) is 17.8. The van der Waals surface area contributed by atoms with Crippen LogP contribution in [-0.4, -0.2) is 68.8 Å². The van der Waals surface area contributed by atoms with E-state index in [0.29, 0.717) is 30.4 Å². The van der Waals surface area contributed by atoms with Crippen molar-refractivity contribution >= 4 is 27.6 Å². The first-order valence-electron chi connectivity index (χ1n) is 10.2. The zero-order valence-electron chi connectivity index (χ0n) is 17.4. The number of halogens is 3. The molecule has 2 aromatic rings. The average Bonchev–Trinajstić information content (AvgIpc) is 3.24. The number of alkyl halides is 3. The molecule has 0 bridgehead atoms. The molecule has 2 aliphatic rings. The van der Waals surface area contributed by atoms with Crippen molar-refractivity contribution in [2.24, 2.45) is 0 Å². The summed E-state index contributed by atoms with van der Waals surface area (Å²) in [5.41, 5.74) is -0.0908. The monoisotopic (exact) mass is 482 g/mol. The Hall–Kier alpha value is -3.12. The molecule has 2 heterocycles. The van der Waals surface area contributed by atoms with E-state index in [1.807, 2.05) is 0 Å². The van der Waals surface area contributed by atoms with Gasteiger partial charge in [-0.3, -0.25) is 9.69 Å². The molecule has 0 saturated carbocycles. The predicted molar refractivity (Wildman–Crippen MR) is 113 cm³/mol. The molecule has 4 rings (SSSR count). The summed E-state index contributed by atoms with van der Waals surface area (Å²) in [7, 11) is -4.14. The number of anilines is 1. The molecule has 2 aliphatic heterocycles. The molecule has 8 nitrogen and oxygen atoms in total. The number of benzene rings is 2. The summed E-state index contributed by atoms with van der Waals surface area (Å²) in [6.07, 6.45) is -4.65. The number of carbonyl (C=O) groups is 2. The molecule has 12 heteroatoms. The SMILES string of the molecule is O=C(c1cccc(N2CCNC2=O)c1)N1CCN(S(=O)(=O)c2cccc(C(F)(F)F)c2)CC1. The van der Waals surface area contributed by atoms with Gasteiger partial charge in [-0.2, -0.15) is 17.5 Å². The number of piperazine rings is 1. The number of nitrogens with one attached hydrogen (secondary N) is 1. The Balaban J connectivity index is 1.45. The molecule has 0 aliphatic carbocycles. The first kappa shape index (κ1) is 23.1. The summed E-state index contributed by atoms with van der Waals surface area (Å²) in [4.78, 5) is 27.4. The van der Waals surface area contributed by atoms with Crippen LogP contribution in [0.3, 0.4) is 0 Å². The molecule has 176 valence electrons. The van der Waals surface area contributed by atoms with Crippen LogP contribution in [0.4, 0.5) is 23.7 Å². The summed E-state index contributed by atoms with van der Waals surface area (Å²) in [6.45, 7) is 1.09. The van der Waals surface area contributed by atoms with Crippen LogP contribution >= 0.6 is 0 Å². The Bertz CT molecular complexity index is 1180. The van der Waals surface area contributed by atoms with Gasteiger partial charge in [-0.25, -0.2) is 13.2 Å². The number of amides is 3. The van der Waals surface area contributed by atoms with E-state index in [1.165, 1.54) is 9.80 Å². The summed E-state index contributed by atoms with van der Waals surface area (Å²) in [5, 5.41) is 2.69. The molecule has 0 radical (unpaired) electrons. The first-order chi connectivity index (χ1) is 15.6. The van der Waals surface area contributed by atoms with Gasteiger partial charge in [0.15, 0.2) is 0 Å². The van der Waals surface area contributed by atoms with Gasteiger partial charge in [0.1, 0.15) is 0 Å². The van der Waals surface area contributed by atoms with Crippen LogP contribution in [0.15, 0.2) is 53.4 Å². The lowest BCUT2D eigenvalue weighted by Crippen LogP contribution is -2.50. The smallest absolute Gasteiger partial charge is 0.336 e. The highest BCUT2D eigenvalue weighted by atomic mass is 32.2. The van der Waals surface area contributed by atoms with Crippen molar-refractivity contribution in [2.45, 2.75) is 11.1 Å². The highest BCUT2D eigenvalue weighted by Crippen LogP contribution is 2.31. The van der Waals surface area contributed by atoms with Crippen molar-refractivity contribution in [3.05, 3.63) is 59.7 Å². The molecule has 2 saturated heterocycles. The van der Waals surface area contributed by atoms with Crippen molar-refractivity contribution in [3.8, 4) is 0 Å². The third-order valence-corrected chi connectivity index (χ3v) is 7.48. The molecule has 0 aromatic heterocycles. The van der Waals surface area contributed by atoms with Gasteiger partial charge in [0.25, 0.3) is 5.91 Å². The van der Waals surface area contributed by atoms with Crippen LogP contribution in [0, 0.1) is 0 Å². The lowest BCUT2D eigenvalue weighted by molar-refractivity contribution is -0.137. The highest BCUT2D eigenvalue weighted by molar-refractivity contribution is 7.89. The van der Waals surface area contributed by atoms with E-state index in [1.54, 1.807) is 24.3 Å². The van der Waals surface area contributed by atoms with Crippen LogP contribution in [0.25, 0.3) is 0 Å². The second-order valence-electron chi connectivity index (χ2n) is 7.66. The van der Waals surface area contributed by atoms with Crippen LogP contribution in [0.2, 0.25) is 0 Å². The van der Waals surface area contributed by atoms with Gasteiger partial charge in [0, 0.05) is 50.5 Å². The molecule has 2 aromatic carbocycles. The van der Waals surface area contributed by atoms with Gasteiger partial charge in [0.05, 0.1) is 10.5 Å². The Labute approximate surface area is 188 Å². The molecule has 2 fully saturated rings. The van der Waals surface area contributed by atoms with E-state index < -0.39 is 26.7 Å². The topological polar surface area (TPSA) is 90.0 Å². The largest absolute Gasteiger partial charge is 0.416 e. The number of urea groups is 1. The van der Waals surface area contributed by atoms with Crippen LogP contribution in [-0.2, 0) is 16.2 Å². The maximum Gasteiger partial charge on any atom is 0.416 e. The van der Waals surface area contributed by atoms with E-state index in [9.17, 15) is 31.2 Å². The molecule has 3 amide bonds. The van der Waals surface area contributed by atoms with Gasteiger partial charge in [-0.1, -0.05) is 12.1 Å². The fourth-order valence-corrected chi connectivity index (χ4v) is 5.29. The third kappa shape index (κ3) is 4.67. The number of carbonyl (C=O) groups excluding carboxylic acids is 2. The molecule has 33 heavy (non-hydrogen) atoms. The van der Waals surface area contributed by atoms with Crippen molar-refractivity contribution in [1.29, 1.82) is 0 Å². The van der Waals surface area contributed by atoms with E-state index in [4.69, 9.17) is 0 Å². The Morgan fingerprint density at radius 1 is 0.939 bits per heavy atom. The van der Waals surface area contributed by atoms with E-state index in [2.05, 4.69) is 5.32 Å². The Morgan fingerprint density at radius 3 is 2.27 bits per heavy atom. The standard InChI is InChI=1S/C21H21F3N4O4S/c22-21(23,24)16-4-2-6-18(14-16)33(31,32)27-11-9-26(10-12-27)19(29)15-3-1-5-17(13-15)28-8-7-25-20(28)30/h1-6,13-14H,7-12H2,(H,25,30). The Kier molecular flexibility index (Phi) is 6.06. The second-order valence-corrected chi connectivity index (χ2v) is 9.59. The van der Waals surface area contributed by atoms with Crippen LogP contribution < -0.4 is 10.2 Å². The number of sulfonamides is 1. The molecular formula is C21H21F3N4O4S. The third-order valence-electron chi connectivity index (χ3n) is 5.59. The molecule has 1 N–H and O–H groups in total. The lowest BCUT2D eigenvalue weighted by atomic mass is 10.1. The lowest BCUT2D eigenvalue weighted by Gasteiger charge is -2.34. The van der Waals surface area contributed by atoms with Gasteiger partial charge >= 0.3 is 12.2 Å². The van der Waals surface area contributed by atoms with Gasteiger partial charge < -0.3 is 10.2 Å². The van der Waals surface area contributed by atoms with Crippen molar-refractivity contribution in [3.63, 3.8) is 0 Å². The van der Waals surface area contributed by atoms with E-state index in [-0.39, 0.29) is 38.1 Å². The minimum absolute atomic E-state index is 0.0431. The Morgan fingerprint density at radius 2 is 1.64 bits per heavy atom. The van der Waals surface area contributed by atoms with Crippen molar-refractivity contribution in [1.82, 2.24) is 14.5 Å². The van der Waals surface area contributed by atoms with Gasteiger partial charge in [0.2, 0.25) is 10.0 Å². The zero-order chi connectivity index (χ0) is 23.8. The maximum atomic E-state index is 13.0. The van der Waals surface area contributed by atoms with Crippen LogP contribution in [0.1, 0.15) is 15.9 Å². The number of hydrogen-bond acceptors (Lipinski definition) is 4. The number of rotatable bonds is 4. The van der Waals surface area contributed by atoms with Crippen molar-refractivity contribution in [2.75, 3.05) is 44.2 Å². The fraction of sp³-hybridized carbons (Fsp3) is 0.333. The molecule has 0 unspecified atom stereocenters. The summed E-state index contributed by atoms with van der Waals surface area (Å²) in [6, 6.07) is 10.00. The summed E-state index contributed by atoms with van der Waals surface area (Å²) in [5.74, 6) is -0.312. The highest BCUT2D eigenvalue weighted by Gasteiger charge is 2.34. The minimum atomic E-state index is -4.65. The quantitative estimate of drug-likeness (QED) is 0.725. The summed E-state index contributed by atoms with van der Waals surface area (Å²) >= 11 is 0. The van der Waals surface area contributed by atoms with E-state index in [0.717, 1.165) is 22.5 Å². The number of nitrogens with zero attached hydrogens (tertiary/aromatic N) is 3.